The number of hydrogen-bond donors (Lipinski definition) is 2. The Labute approximate surface area is 126 Å². The third-order valence-electron chi connectivity index (χ3n) is 3.39. The highest BCUT2D eigenvalue weighted by molar-refractivity contribution is 6.24. The number of fused-ring (bicyclic) bond motifs is 1. The minimum Gasteiger partial charge on any atom is -0.398 e. The van der Waals surface area contributed by atoms with Crippen LogP contribution in [-0.4, -0.2) is 29.2 Å². The van der Waals surface area contributed by atoms with E-state index in [2.05, 4.69) is 5.32 Å². The van der Waals surface area contributed by atoms with Crippen LogP contribution in [0.3, 0.4) is 0 Å². The summed E-state index contributed by atoms with van der Waals surface area (Å²) in [5.41, 5.74) is 6.98. The average molecular weight is 295 g/mol. The molecule has 0 radical (unpaired) electrons. The van der Waals surface area contributed by atoms with E-state index in [-0.39, 0.29) is 23.4 Å². The average Bonchev–Trinajstić information content (AvgIpc) is 2.74. The van der Waals surface area contributed by atoms with Crippen LogP contribution >= 0.6 is 0 Å². The first kappa shape index (κ1) is 13.8. The number of hydrogen-bond acceptors (Lipinski definition) is 4. The third-order valence-corrected chi connectivity index (χ3v) is 3.39. The van der Waals surface area contributed by atoms with Crippen LogP contribution in [-0.2, 0) is 4.79 Å². The second kappa shape index (κ2) is 5.33. The number of nitrogen functional groups attached to an aromatic ring is 1. The molecule has 0 spiro atoms. The van der Waals surface area contributed by atoms with E-state index in [4.69, 9.17) is 5.73 Å². The van der Waals surface area contributed by atoms with Crippen molar-refractivity contribution in [2.24, 2.45) is 0 Å². The van der Waals surface area contributed by atoms with Crippen LogP contribution in [0.15, 0.2) is 48.5 Å². The molecule has 0 fully saturated rings. The van der Waals surface area contributed by atoms with Crippen molar-refractivity contribution < 1.29 is 14.4 Å². The SMILES string of the molecule is Nc1cccc2c1C(=O)N(CC(=O)Nc1ccccc1)C2=O. The van der Waals surface area contributed by atoms with Crippen LogP contribution in [0.5, 0.6) is 0 Å². The number of nitrogens with one attached hydrogen (secondary N) is 1. The fourth-order valence-electron chi connectivity index (χ4n) is 2.37. The van der Waals surface area contributed by atoms with Crippen molar-refractivity contribution in [2.75, 3.05) is 17.6 Å². The molecule has 0 saturated carbocycles. The molecule has 0 atom stereocenters. The van der Waals surface area contributed by atoms with Gasteiger partial charge in [0.2, 0.25) is 5.91 Å². The van der Waals surface area contributed by atoms with Crippen molar-refractivity contribution in [3.05, 3.63) is 59.7 Å². The third kappa shape index (κ3) is 2.31. The van der Waals surface area contributed by atoms with Crippen LogP contribution < -0.4 is 11.1 Å². The number of rotatable bonds is 3. The highest BCUT2D eigenvalue weighted by Crippen LogP contribution is 2.27. The van der Waals surface area contributed by atoms with Crippen molar-refractivity contribution in [1.82, 2.24) is 4.90 Å². The van der Waals surface area contributed by atoms with E-state index < -0.39 is 17.7 Å². The predicted octanol–water partition coefficient (Wildman–Crippen LogP) is 1.50. The molecule has 3 N–H and O–H groups in total. The number of nitrogens with zero attached hydrogens (tertiary/aromatic N) is 1. The minimum atomic E-state index is -0.540. The molecule has 0 aliphatic carbocycles. The number of anilines is 2. The van der Waals surface area contributed by atoms with Gasteiger partial charge in [0, 0.05) is 11.4 Å². The second-order valence-corrected chi connectivity index (χ2v) is 4.88. The molecule has 110 valence electrons. The Morgan fingerprint density at radius 2 is 1.73 bits per heavy atom. The normalized spacial score (nSPS) is 13.2. The van der Waals surface area contributed by atoms with E-state index in [1.807, 2.05) is 6.07 Å². The molecule has 22 heavy (non-hydrogen) atoms. The first-order valence-electron chi connectivity index (χ1n) is 6.67. The van der Waals surface area contributed by atoms with Crippen molar-refractivity contribution in [1.29, 1.82) is 0 Å². The number of carbonyl (C=O) groups excluding carboxylic acids is 3. The molecule has 0 aromatic heterocycles. The number of carbonyl (C=O) groups is 3. The molecule has 3 rings (SSSR count). The first-order chi connectivity index (χ1) is 10.6. The van der Waals surface area contributed by atoms with Gasteiger partial charge in [-0.1, -0.05) is 24.3 Å². The minimum absolute atomic E-state index is 0.167. The zero-order valence-corrected chi connectivity index (χ0v) is 11.6. The molecular weight excluding hydrogens is 282 g/mol. The maximum Gasteiger partial charge on any atom is 0.264 e. The Kier molecular flexibility index (Phi) is 3.34. The Bertz CT molecular complexity index is 771. The van der Waals surface area contributed by atoms with Gasteiger partial charge in [-0.15, -0.1) is 0 Å². The van der Waals surface area contributed by atoms with Crippen molar-refractivity contribution in [3.8, 4) is 0 Å². The molecule has 1 aliphatic rings. The van der Waals surface area contributed by atoms with Gasteiger partial charge in [0.15, 0.2) is 0 Å². The van der Waals surface area contributed by atoms with Gasteiger partial charge in [-0.05, 0) is 24.3 Å². The Morgan fingerprint density at radius 1 is 1.00 bits per heavy atom. The molecule has 0 bridgehead atoms. The summed E-state index contributed by atoms with van der Waals surface area (Å²) in [7, 11) is 0. The molecule has 1 heterocycles. The van der Waals surface area contributed by atoms with E-state index in [0.29, 0.717) is 5.69 Å². The summed E-state index contributed by atoms with van der Waals surface area (Å²) >= 11 is 0. The molecular formula is C16H13N3O3. The van der Waals surface area contributed by atoms with Gasteiger partial charge in [-0.3, -0.25) is 19.3 Å². The molecule has 6 nitrogen and oxygen atoms in total. The quantitative estimate of drug-likeness (QED) is 0.663. The lowest BCUT2D eigenvalue weighted by molar-refractivity contribution is -0.116. The Morgan fingerprint density at radius 3 is 2.41 bits per heavy atom. The molecule has 2 aromatic rings. The van der Waals surface area contributed by atoms with Gasteiger partial charge in [0.05, 0.1) is 11.1 Å². The molecule has 2 aromatic carbocycles. The lowest BCUT2D eigenvalue weighted by Crippen LogP contribution is -2.37. The standard InChI is InChI=1S/C16H13N3O3/c17-12-8-4-7-11-14(12)16(22)19(15(11)21)9-13(20)18-10-5-2-1-3-6-10/h1-8H,9,17H2,(H,18,20). The van der Waals surface area contributed by atoms with Gasteiger partial charge in [-0.25, -0.2) is 0 Å². The van der Waals surface area contributed by atoms with Crippen LogP contribution in [0, 0.1) is 0 Å². The van der Waals surface area contributed by atoms with Gasteiger partial charge < -0.3 is 11.1 Å². The summed E-state index contributed by atoms with van der Waals surface area (Å²) in [6, 6.07) is 13.5. The van der Waals surface area contributed by atoms with Crippen molar-refractivity contribution >= 4 is 29.1 Å². The highest BCUT2D eigenvalue weighted by atomic mass is 16.2. The lowest BCUT2D eigenvalue weighted by atomic mass is 10.1. The Balaban J connectivity index is 1.77. The predicted molar refractivity (Wildman–Crippen MR) is 81.3 cm³/mol. The number of para-hydroxylation sites is 1. The van der Waals surface area contributed by atoms with E-state index in [1.54, 1.807) is 36.4 Å². The van der Waals surface area contributed by atoms with E-state index in [0.717, 1.165) is 4.90 Å². The lowest BCUT2D eigenvalue weighted by Gasteiger charge is -2.13. The number of imide groups is 1. The molecule has 1 aliphatic heterocycles. The first-order valence-corrected chi connectivity index (χ1v) is 6.67. The number of nitrogens with two attached hydrogens (primary N) is 1. The van der Waals surface area contributed by atoms with Gasteiger partial charge >= 0.3 is 0 Å². The number of amides is 3. The molecule has 0 unspecified atom stereocenters. The van der Waals surface area contributed by atoms with Crippen LogP contribution in [0.1, 0.15) is 20.7 Å². The maximum atomic E-state index is 12.3. The molecule has 0 saturated heterocycles. The summed E-state index contributed by atoms with van der Waals surface area (Å²) in [5, 5.41) is 2.64. The van der Waals surface area contributed by atoms with Gasteiger partial charge in [0.1, 0.15) is 6.54 Å². The monoisotopic (exact) mass is 295 g/mol. The topological polar surface area (TPSA) is 92.5 Å². The zero-order valence-electron chi connectivity index (χ0n) is 11.6. The molecule has 6 heteroatoms. The van der Waals surface area contributed by atoms with E-state index in [9.17, 15) is 14.4 Å². The highest BCUT2D eigenvalue weighted by Gasteiger charge is 2.37. The van der Waals surface area contributed by atoms with Gasteiger partial charge in [-0.2, -0.15) is 0 Å². The van der Waals surface area contributed by atoms with E-state index >= 15 is 0 Å². The zero-order chi connectivity index (χ0) is 15.7. The van der Waals surface area contributed by atoms with Crippen molar-refractivity contribution in [3.63, 3.8) is 0 Å². The van der Waals surface area contributed by atoms with Crippen molar-refractivity contribution in [2.45, 2.75) is 0 Å². The molecule has 3 amide bonds. The smallest absolute Gasteiger partial charge is 0.264 e. The summed E-state index contributed by atoms with van der Waals surface area (Å²) in [6.07, 6.45) is 0. The summed E-state index contributed by atoms with van der Waals surface area (Å²) in [6.45, 7) is -0.347. The van der Waals surface area contributed by atoms with Crippen LogP contribution in [0.25, 0.3) is 0 Å². The number of benzene rings is 2. The largest absolute Gasteiger partial charge is 0.398 e. The van der Waals surface area contributed by atoms with Crippen LogP contribution in [0.4, 0.5) is 11.4 Å². The van der Waals surface area contributed by atoms with Crippen LogP contribution in [0.2, 0.25) is 0 Å². The fourth-order valence-corrected chi connectivity index (χ4v) is 2.37. The van der Waals surface area contributed by atoms with Gasteiger partial charge in [0.25, 0.3) is 11.8 Å². The maximum absolute atomic E-state index is 12.3. The summed E-state index contributed by atoms with van der Waals surface area (Å²) in [5.74, 6) is -1.49. The summed E-state index contributed by atoms with van der Waals surface area (Å²) in [4.78, 5) is 37.4. The second-order valence-electron chi connectivity index (χ2n) is 4.88. The fraction of sp³-hybridized carbons (Fsp3) is 0.0625. The van der Waals surface area contributed by atoms with E-state index in [1.165, 1.54) is 6.07 Å². The Hall–Kier alpha value is -3.15. The summed E-state index contributed by atoms with van der Waals surface area (Å²) < 4.78 is 0.